The number of halogens is 1. The lowest BCUT2D eigenvalue weighted by molar-refractivity contribution is 0.415. The summed E-state index contributed by atoms with van der Waals surface area (Å²) >= 11 is 3.38. The van der Waals surface area contributed by atoms with Crippen LogP contribution in [0.2, 0.25) is 0 Å². The summed E-state index contributed by atoms with van der Waals surface area (Å²) in [7, 11) is 1.61. The number of ether oxygens (including phenoxy) is 1. The molecule has 1 heterocycles. The van der Waals surface area contributed by atoms with Gasteiger partial charge in [0.15, 0.2) is 5.43 Å². The molecule has 1 aromatic heterocycles. The maximum absolute atomic E-state index is 12.1. The Bertz CT molecular complexity index is 819. The van der Waals surface area contributed by atoms with E-state index in [-0.39, 0.29) is 5.43 Å². The summed E-state index contributed by atoms with van der Waals surface area (Å²) in [6.07, 6.45) is 0. The van der Waals surface area contributed by atoms with Crippen LogP contribution >= 0.6 is 15.9 Å². The Morgan fingerprint density at radius 3 is 2.50 bits per heavy atom. The van der Waals surface area contributed by atoms with Crippen LogP contribution in [-0.2, 0) is 0 Å². The van der Waals surface area contributed by atoms with Gasteiger partial charge in [-0.1, -0.05) is 15.9 Å². The molecule has 0 saturated heterocycles. The zero-order chi connectivity index (χ0) is 14.1. The highest BCUT2D eigenvalue weighted by molar-refractivity contribution is 9.10. The molecule has 4 heteroatoms. The van der Waals surface area contributed by atoms with Gasteiger partial charge in [0.1, 0.15) is 17.1 Å². The Balaban J connectivity index is 2.18. The zero-order valence-electron chi connectivity index (χ0n) is 10.7. The first-order valence-electron chi connectivity index (χ1n) is 6.05. The molecule has 0 saturated carbocycles. The summed E-state index contributed by atoms with van der Waals surface area (Å²) in [6.45, 7) is 0. The molecule has 20 heavy (non-hydrogen) atoms. The lowest BCUT2D eigenvalue weighted by Crippen LogP contribution is -2.00. The number of methoxy groups -OCH3 is 1. The third-order valence-corrected chi connectivity index (χ3v) is 3.56. The molecule has 0 N–H and O–H groups in total. The predicted molar refractivity (Wildman–Crippen MR) is 82.2 cm³/mol. The molecule has 0 fully saturated rings. The minimum Gasteiger partial charge on any atom is -0.497 e. The van der Waals surface area contributed by atoms with Crippen LogP contribution in [0.1, 0.15) is 0 Å². The number of hydrogen-bond acceptors (Lipinski definition) is 3. The highest BCUT2D eigenvalue weighted by atomic mass is 79.9. The number of hydrogen-bond donors (Lipinski definition) is 0. The third kappa shape index (κ3) is 2.34. The Morgan fingerprint density at radius 1 is 1.05 bits per heavy atom. The van der Waals surface area contributed by atoms with E-state index in [4.69, 9.17) is 9.15 Å². The lowest BCUT2D eigenvalue weighted by Gasteiger charge is -2.05. The van der Waals surface area contributed by atoms with Crippen molar-refractivity contribution >= 4 is 26.9 Å². The lowest BCUT2D eigenvalue weighted by atomic mass is 10.1. The van der Waals surface area contributed by atoms with Crippen LogP contribution < -0.4 is 10.2 Å². The highest BCUT2D eigenvalue weighted by Crippen LogP contribution is 2.25. The molecule has 0 atom stereocenters. The van der Waals surface area contributed by atoms with Gasteiger partial charge in [-0.3, -0.25) is 4.79 Å². The Hall–Kier alpha value is -2.07. The minimum absolute atomic E-state index is 0.0513. The molecule has 0 aliphatic carbocycles. The largest absolute Gasteiger partial charge is 0.497 e. The van der Waals surface area contributed by atoms with Crippen molar-refractivity contribution in [2.24, 2.45) is 0 Å². The summed E-state index contributed by atoms with van der Waals surface area (Å²) in [5.74, 6) is 1.31. The first-order valence-corrected chi connectivity index (χ1v) is 6.84. The van der Waals surface area contributed by atoms with Gasteiger partial charge in [0.2, 0.25) is 0 Å². The molecule has 0 radical (unpaired) electrons. The van der Waals surface area contributed by atoms with Gasteiger partial charge in [0, 0.05) is 16.1 Å². The first kappa shape index (κ1) is 12.9. The second-order valence-electron chi connectivity index (χ2n) is 4.34. The highest BCUT2D eigenvalue weighted by Gasteiger charge is 2.07. The maximum atomic E-state index is 12.1. The number of rotatable bonds is 2. The van der Waals surface area contributed by atoms with E-state index in [9.17, 15) is 4.79 Å². The van der Waals surface area contributed by atoms with Gasteiger partial charge in [0.25, 0.3) is 0 Å². The van der Waals surface area contributed by atoms with Crippen molar-refractivity contribution in [1.82, 2.24) is 0 Å². The second-order valence-corrected chi connectivity index (χ2v) is 5.26. The number of benzene rings is 2. The zero-order valence-corrected chi connectivity index (χ0v) is 12.3. The van der Waals surface area contributed by atoms with Crippen LogP contribution in [-0.4, -0.2) is 7.11 Å². The summed E-state index contributed by atoms with van der Waals surface area (Å²) in [6, 6.07) is 14.3. The standard InChI is InChI=1S/C16H11BrO3/c1-19-12-5-2-10(3-6-12)15-9-14(18)13-7-4-11(17)8-16(13)20-15/h2-9H,1H3. The van der Waals surface area contributed by atoms with E-state index in [1.807, 2.05) is 30.3 Å². The van der Waals surface area contributed by atoms with Crippen LogP contribution in [0.4, 0.5) is 0 Å². The monoisotopic (exact) mass is 330 g/mol. The van der Waals surface area contributed by atoms with Crippen molar-refractivity contribution in [3.8, 4) is 17.1 Å². The Labute approximate surface area is 123 Å². The Kier molecular flexibility index (Phi) is 3.32. The van der Waals surface area contributed by atoms with Crippen molar-refractivity contribution in [3.63, 3.8) is 0 Å². The van der Waals surface area contributed by atoms with Gasteiger partial charge in [0.05, 0.1) is 12.5 Å². The van der Waals surface area contributed by atoms with Crippen molar-refractivity contribution < 1.29 is 9.15 Å². The summed E-state index contributed by atoms with van der Waals surface area (Å²) in [5, 5.41) is 0.575. The fourth-order valence-electron chi connectivity index (χ4n) is 2.03. The fourth-order valence-corrected chi connectivity index (χ4v) is 2.37. The molecular weight excluding hydrogens is 320 g/mol. The van der Waals surface area contributed by atoms with Crippen LogP contribution in [0.25, 0.3) is 22.3 Å². The molecule has 3 aromatic rings. The van der Waals surface area contributed by atoms with E-state index in [1.165, 1.54) is 6.07 Å². The normalized spacial score (nSPS) is 10.7. The SMILES string of the molecule is COc1ccc(-c2cc(=O)c3ccc(Br)cc3o2)cc1. The van der Waals surface area contributed by atoms with Crippen molar-refractivity contribution in [2.45, 2.75) is 0 Å². The molecule has 3 nitrogen and oxygen atoms in total. The average molecular weight is 331 g/mol. The minimum atomic E-state index is -0.0513. The van der Waals surface area contributed by atoms with Gasteiger partial charge < -0.3 is 9.15 Å². The van der Waals surface area contributed by atoms with E-state index >= 15 is 0 Å². The molecule has 2 aromatic carbocycles. The average Bonchev–Trinajstić information content (AvgIpc) is 2.46. The molecule has 100 valence electrons. The van der Waals surface area contributed by atoms with Crippen LogP contribution in [0, 0.1) is 0 Å². The first-order chi connectivity index (χ1) is 9.67. The maximum Gasteiger partial charge on any atom is 0.193 e. The van der Waals surface area contributed by atoms with Crippen LogP contribution in [0.15, 0.2) is 62.2 Å². The van der Waals surface area contributed by atoms with Crippen LogP contribution in [0.3, 0.4) is 0 Å². The molecule has 3 rings (SSSR count). The van der Waals surface area contributed by atoms with E-state index in [1.54, 1.807) is 19.2 Å². The van der Waals surface area contributed by atoms with E-state index in [0.29, 0.717) is 16.7 Å². The Morgan fingerprint density at radius 2 is 1.80 bits per heavy atom. The van der Waals surface area contributed by atoms with Crippen molar-refractivity contribution in [2.75, 3.05) is 7.11 Å². The van der Waals surface area contributed by atoms with Gasteiger partial charge in [-0.25, -0.2) is 0 Å². The fraction of sp³-hybridized carbons (Fsp3) is 0.0625. The topological polar surface area (TPSA) is 39.4 Å². The summed E-state index contributed by atoms with van der Waals surface area (Å²) in [5.41, 5.74) is 1.35. The molecule has 0 aliphatic rings. The van der Waals surface area contributed by atoms with Crippen molar-refractivity contribution in [3.05, 3.63) is 63.2 Å². The van der Waals surface area contributed by atoms with E-state index in [2.05, 4.69) is 15.9 Å². The summed E-state index contributed by atoms with van der Waals surface area (Å²) in [4.78, 5) is 12.1. The quantitative estimate of drug-likeness (QED) is 0.705. The molecule has 0 spiro atoms. The summed E-state index contributed by atoms with van der Waals surface area (Å²) < 4.78 is 11.8. The molecule has 0 unspecified atom stereocenters. The van der Waals surface area contributed by atoms with Gasteiger partial charge in [-0.2, -0.15) is 0 Å². The van der Waals surface area contributed by atoms with Gasteiger partial charge in [-0.05, 0) is 42.5 Å². The molecule has 0 bridgehead atoms. The van der Waals surface area contributed by atoms with Gasteiger partial charge in [-0.15, -0.1) is 0 Å². The van der Waals surface area contributed by atoms with Crippen molar-refractivity contribution in [1.29, 1.82) is 0 Å². The van der Waals surface area contributed by atoms with Gasteiger partial charge >= 0.3 is 0 Å². The second kappa shape index (κ2) is 5.13. The van der Waals surface area contributed by atoms with Crippen LogP contribution in [0.5, 0.6) is 5.75 Å². The third-order valence-electron chi connectivity index (χ3n) is 3.07. The smallest absolute Gasteiger partial charge is 0.193 e. The van der Waals surface area contributed by atoms with E-state index in [0.717, 1.165) is 15.8 Å². The molecule has 0 aliphatic heterocycles. The van der Waals surface area contributed by atoms with E-state index < -0.39 is 0 Å². The predicted octanol–water partition coefficient (Wildman–Crippen LogP) is 4.23. The molecule has 0 amide bonds. The molecular formula is C16H11BrO3. The number of fused-ring (bicyclic) bond motifs is 1.